The van der Waals surface area contributed by atoms with Gasteiger partial charge in [-0.1, -0.05) is 323 Å². The van der Waals surface area contributed by atoms with Crippen LogP contribution in [0.15, 0.2) is 109 Å². The van der Waals surface area contributed by atoms with Gasteiger partial charge in [0.25, 0.3) is 0 Å². The molecule has 83 heavy (non-hydrogen) atoms. The van der Waals surface area contributed by atoms with Crippen LogP contribution in [0.25, 0.3) is 0 Å². The summed E-state index contributed by atoms with van der Waals surface area (Å²) in [7, 11) is 0. The van der Waals surface area contributed by atoms with Gasteiger partial charge in [0, 0.05) is 19.3 Å². The van der Waals surface area contributed by atoms with Crippen molar-refractivity contribution in [3.8, 4) is 0 Å². The molecule has 0 radical (unpaired) electrons. The van der Waals surface area contributed by atoms with Crippen molar-refractivity contribution in [2.45, 2.75) is 348 Å². The van der Waals surface area contributed by atoms with E-state index in [-0.39, 0.29) is 31.1 Å². The van der Waals surface area contributed by atoms with Gasteiger partial charge in [-0.15, -0.1) is 0 Å². The van der Waals surface area contributed by atoms with Crippen LogP contribution in [0, 0.1) is 0 Å². The molecule has 0 amide bonds. The molecule has 0 saturated carbocycles. The zero-order chi connectivity index (χ0) is 59.9. The number of unbranched alkanes of at least 4 members (excludes halogenated alkanes) is 35. The molecule has 0 aromatic carbocycles. The van der Waals surface area contributed by atoms with Gasteiger partial charge in [0.1, 0.15) is 13.2 Å². The Balaban J connectivity index is 4.35. The Labute approximate surface area is 514 Å². The van der Waals surface area contributed by atoms with Gasteiger partial charge in [-0.05, 0) is 109 Å². The quantitative estimate of drug-likeness (QED) is 0.0261. The van der Waals surface area contributed by atoms with Crippen molar-refractivity contribution >= 4 is 17.9 Å². The molecule has 6 nitrogen and oxygen atoms in total. The highest BCUT2D eigenvalue weighted by Gasteiger charge is 2.19. The van der Waals surface area contributed by atoms with E-state index in [9.17, 15) is 14.4 Å². The third kappa shape index (κ3) is 68.7. The summed E-state index contributed by atoms with van der Waals surface area (Å²) >= 11 is 0. The van der Waals surface area contributed by atoms with E-state index in [0.717, 1.165) is 128 Å². The summed E-state index contributed by atoms with van der Waals surface area (Å²) in [4.78, 5) is 38.4. The summed E-state index contributed by atoms with van der Waals surface area (Å²) in [6.07, 6.45) is 96.8. The van der Waals surface area contributed by atoms with E-state index >= 15 is 0 Å². The molecule has 0 aliphatic carbocycles. The van der Waals surface area contributed by atoms with E-state index < -0.39 is 6.10 Å². The second kappa shape index (κ2) is 70.6. The number of rotatable bonds is 64. The first-order chi connectivity index (χ1) is 41.0. The van der Waals surface area contributed by atoms with Crippen molar-refractivity contribution in [3.63, 3.8) is 0 Å². The molecule has 0 aliphatic heterocycles. The topological polar surface area (TPSA) is 78.9 Å². The largest absolute Gasteiger partial charge is 0.462 e. The average molecular weight is 1150 g/mol. The number of hydrogen-bond donors (Lipinski definition) is 0. The second-order valence-electron chi connectivity index (χ2n) is 23.4. The maximum atomic E-state index is 13.0. The van der Waals surface area contributed by atoms with Gasteiger partial charge in [0.05, 0.1) is 0 Å². The molecule has 0 aliphatic rings. The molecular weight excluding hydrogens is 1020 g/mol. The Morgan fingerprint density at radius 3 is 0.747 bits per heavy atom. The Kier molecular flexibility index (Phi) is 67.2. The Bertz CT molecular complexity index is 1660. The van der Waals surface area contributed by atoms with Gasteiger partial charge in [0.2, 0.25) is 0 Å². The summed E-state index contributed by atoms with van der Waals surface area (Å²) < 4.78 is 17.0. The van der Waals surface area contributed by atoms with Crippen LogP contribution >= 0.6 is 0 Å². The predicted octanol–water partition coefficient (Wildman–Crippen LogP) is 24.6. The number of esters is 3. The van der Waals surface area contributed by atoms with E-state index in [4.69, 9.17) is 14.2 Å². The number of carbonyl (C=O) groups is 3. The Hall–Kier alpha value is -3.93. The van der Waals surface area contributed by atoms with Crippen LogP contribution in [0.4, 0.5) is 0 Å². The molecule has 0 heterocycles. The van der Waals surface area contributed by atoms with E-state index in [1.54, 1.807) is 0 Å². The van der Waals surface area contributed by atoms with E-state index in [0.29, 0.717) is 19.3 Å². The van der Waals surface area contributed by atoms with E-state index in [2.05, 4.69) is 130 Å². The van der Waals surface area contributed by atoms with Crippen LogP contribution in [0.1, 0.15) is 342 Å². The molecule has 0 bridgehead atoms. The van der Waals surface area contributed by atoms with Crippen molar-refractivity contribution in [1.29, 1.82) is 0 Å². The lowest BCUT2D eigenvalue weighted by atomic mass is 10.0. The molecule has 476 valence electrons. The van der Waals surface area contributed by atoms with Gasteiger partial charge in [-0.2, -0.15) is 0 Å². The minimum absolute atomic E-state index is 0.0842. The molecular formula is C77H132O6. The van der Waals surface area contributed by atoms with Gasteiger partial charge >= 0.3 is 17.9 Å². The van der Waals surface area contributed by atoms with Crippen LogP contribution < -0.4 is 0 Å². The van der Waals surface area contributed by atoms with Crippen LogP contribution in [-0.2, 0) is 28.6 Å². The maximum absolute atomic E-state index is 13.0. The summed E-state index contributed by atoms with van der Waals surface area (Å²) in [5, 5.41) is 0. The Morgan fingerprint density at radius 2 is 0.470 bits per heavy atom. The van der Waals surface area contributed by atoms with Crippen molar-refractivity contribution in [3.05, 3.63) is 109 Å². The van der Waals surface area contributed by atoms with Crippen LogP contribution in [0.5, 0.6) is 0 Å². The van der Waals surface area contributed by atoms with Gasteiger partial charge < -0.3 is 14.2 Å². The fourth-order valence-electron chi connectivity index (χ4n) is 9.99. The average Bonchev–Trinajstić information content (AvgIpc) is 3.49. The number of allylic oxidation sites excluding steroid dienone is 18. The molecule has 6 heteroatoms. The molecule has 0 aromatic heterocycles. The fraction of sp³-hybridized carbons (Fsp3) is 0.727. The third-order valence-electron chi connectivity index (χ3n) is 15.3. The molecule has 0 rings (SSSR count). The highest BCUT2D eigenvalue weighted by atomic mass is 16.6. The van der Waals surface area contributed by atoms with Crippen molar-refractivity contribution in [2.24, 2.45) is 0 Å². The van der Waals surface area contributed by atoms with Crippen molar-refractivity contribution < 1.29 is 28.6 Å². The zero-order valence-corrected chi connectivity index (χ0v) is 54.7. The van der Waals surface area contributed by atoms with Crippen LogP contribution in [-0.4, -0.2) is 37.2 Å². The first kappa shape index (κ1) is 79.1. The maximum Gasteiger partial charge on any atom is 0.306 e. The van der Waals surface area contributed by atoms with Crippen molar-refractivity contribution in [2.75, 3.05) is 13.2 Å². The minimum Gasteiger partial charge on any atom is -0.462 e. The Morgan fingerprint density at radius 1 is 0.253 bits per heavy atom. The number of hydrogen-bond acceptors (Lipinski definition) is 6. The van der Waals surface area contributed by atoms with E-state index in [1.165, 1.54) is 173 Å². The normalized spacial score (nSPS) is 12.8. The minimum atomic E-state index is -0.789. The second-order valence-corrected chi connectivity index (χ2v) is 23.4. The molecule has 0 fully saturated rings. The molecule has 0 saturated heterocycles. The third-order valence-corrected chi connectivity index (χ3v) is 15.3. The molecule has 1 unspecified atom stereocenters. The monoisotopic (exact) mass is 1150 g/mol. The molecule has 1 atom stereocenters. The van der Waals surface area contributed by atoms with E-state index in [1.807, 2.05) is 0 Å². The van der Waals surface area contributed by atoms with Gasteiger partial charge in [-0.25, -0.2) is 0 Å². The summed E-state index contributed by atoms with van der Waals surface area (Å²) in [5.74, 6) is -0.891. The predicted molar refractivity (Wildman–Crippen MR) is 362 cm³/mol. The first-order valence-electron chi connectivity index (χ1n) is 35.4. The lowest BCUT2D eigenvalue weighted by molar-refractivity contribution is -0.167. The van der Waals surface area contributed by atoms with Crippen LogP contribution in [0.3, 0.4) is 0 Å². The smallest absolute Gasteiger partial charge is 0.306 e. The number of ether oxygens (including phenoxy) is 3. The highest BCUT2D eigenvalue weighted by Crippen LogP contribution is 2.17. The molecule has 0 N–H and O–H groups in total. The van der Waals surface area contributed by atoms with Gasteiger partial charge in [0.15, 0.2) is 6.10 Å². The van der Waals surface area contributed by atoms with Crippen molar-refractivity contribution in [1.82, 2.24) is 0 Å². The summed E-state index contributed by atoms with van der Waals surface area (Å²) in [6, 6.07) is 0. The SMILES string of the molecule is CC/C=C\C/C=C\C/C=C\C/C=C\C/C=C\C/C=C\C/C=C\C/C=C\CCCCCCCCC(=O)OCC(COC(=O)CCCCCCC/C=C\CCCCCCCC)OC(=O)CCCCCCCCCCCCCCCCCCCCC. The molecule has 0 spiro atoms. The standard InChI is InChI=1S/C77H132O6/c1-4-7-10-13-16-19-22-25-28-30-32-33-34-35-36-37-38-39-40-41-42-43-45-46-49-52-55-58-61-64-67-70-76(79)82-73-74(72-81-75(78)69-66-63-60-57-54-51-48-27-24-21-18-15-12-9-6-3)83-77(80)71-68-65-62-59-56-53-50-47-44-31-29-26-23-20-17-14-11-8-5-2/h7,10,16,19,25,27-28,32-33,35-36,38-39,41-42,45-46,48,74H,4-6,8-9,11-15,17-18,20-24,26,29-31,34,37,40,43-44,47,49-73H2,1-3H3/b10-7-,19-16-,28-25-,33-32-,36-35-,39-38-,42-41-,46-45-,48-27-. The summed E-state index contributed by atoms with van der Waals surface area (Å²) in [5.41, 5.74) is 0. The molecule has 0 aromatic rings. The first-order valence-corrected chi connectivity index (χ1v) is 35.4. The lowest BCUT2D eigenvalue weighted by Gasteiger charge is -2.18. The highest BCUT2D eigenvalue weighted by molar-refractivity contribution is 5.71. The summed E-state index contributed by atoms with van der Waals surface area (Å²) in [6.45, 7) is 6.54. The van der Waals surface area contributed by atoms with Crippen LogP contribution in [0.2, 0.25) is 0 Å². The zero-order valence-electron chi connectivity index (χ0n) is 54.7. The van der Waals surface area contributed by atoms with Gasteiger partial charge in [-0.3, -0.25) is 14.4 Å². The lowest BCUT2D eigenvalue weighted by Crippen LogP contribution is -2.30. The number of carbonyl (C=O) groups excluding carboxylic acids is 3. The fourth-order valence-corrected chi connectivity index (χ4v) is 9.99.